The molecule has 1 aromatic rings. The van der Waals surface area contributed by atoms with Crippen molar-refractivity contribution in [3.63, 3.8) is 0 Å². The number of carboxylic acids is 1. The first-order valence-electron chi connectivity index (χ1n) is 6.37. The molecule has 1 N–H and O–H groups in total. The summed E-state index contributed by atoms with van der Waals surface area (Å²) in [6, 6.07) is 0. The lowest BCUT2D eigenvalue weighted by atomic mass is 9.67. The van der Waals surface area contributed by atoms with Crippen molar-refractivity contribution in [1.82, 2.24) is 9.72 Å². The second kappa shape index (κ2) is 4.60. The second-order valence-corrected chi connectivity index (χ2v) is 5.71. The Kier molecular flexibility index (Phi) is 3.42. The van der Waals surface area contributed by atoms with E-state index in [1.807, 2.05) is 0 Å². The number of halogens is 3. The Labute approximate surface area is 117 Å². The average molecular weight is 308 g/mol. The summed E-state index contributed by atoms with van der Waals surface area (Å²) in [6.45, 7) is 3.93. The van der Waals surface area contributed by atoms with Crippen LogP contribution in [0.25, 0.3) is 0 Å². The van der Waals surface area contributed by atoms with Gasteiger partial charge in [0.2, 0.25) is 0 Å². The van der Waals surface area contributed by atoms with Gasteiger partial charge in [-0.15, -0.1) is 0 Å². The van der Waals surface area contributed by atoms with E-state index in [4.69, 9.17) is 5.11 Å². The highest BCUT2D eigenvalue weighted by Crippen LogP contribution is 2.51. The highest BCUT2D eigenvalue weighted by atomic mass is 19.4. The molecule has 0 fully saturated rings. The molecular weight excluding hydrogens is 293 g/mol. The molecule has 0 saturated heterocycles. The van der Waals surface area contributed by atoms with Gasteiger partial charge in [-0.25, -0.2) is 4.79 Å². The van der Waals surface area contributed by atoms with Crippen LogP contribution in [0.5, 0.6) is 0 Å². The van der Waals surface area contributed by atoms with Crippen LogP contribution in [0.4, 0.5) is 13.2 Å². The third kappa shape index (κ3) is 2.24. The minimum atomic E-state index is -4.53. The molecule has 1 aliphatic heterocycles. The zero-order chi connectivity index (χ0) is 16.2. The third-order valence-corrected chi connectivity index (χ3v) is 4.49. The summed E-state index contributed by atoms with van der Waals surface area (Å²) in [6.07, 6.45) is -5.15. The van der Waals surface area contributed by atoms with Crippen LogP contribution in [0.2, 0.25) is 0 Å². The highest BCUT2D eigenvalue weighted by molar-refractivity contribution is 5.68. The van der Waals surface area contributed by atoms with E-state index in [9.17, 15) is 22.8 Å². The van der Waals surface area contributed by atoms with Gasteiger partial charge in [0.05, 0.1) is 17.9 Å². The lowest BCUT2D eigenvalue weighted by Crippen LogP contribution is -2.55. The zero-order valence-corrected chi connectivity index (χ0v) is 11.6. The topological polar surface area (TPSA) is 85.3 Å². The Morgan fingerprint density at radius 2 is 2.05 bits per heavy atom. The molecule has 0 bridgehead atoms. The van der Waals surface area contributed by atoms with Gasteiger partial charge in [0.1, 0.15) is 0 Å². The van der Waals surface area contributed by atoms with E-state index in [-0.39, 0.29) is 5.82 Å². The third-order valence-electron chi connectivity index (χ3n) is 4.49. The van der Waals surface area contributed by atoms with E-state index < -0.39 is 47.6 Å². The van der Waals surface area contributed by atoms with Crippen LogP contribution in [0.3, 0.4) is 0 Å². The Balaban J connectivity index is 2.69. The Morgan fingerprint density at radius 1 is 1.48 bits per heavy atom. The SMILES string of the molecule is CC1c2noc(=O)n2C(C)(CC(=O)O)C(C)C1C(F)(F)F. The van der Waals surface area contributed by atoms with Crippen molar-refractivity contribution < 1.29 is 27.6 Å². The van der Waals surface area contributed by atoms with Gasteiger partial charge in [0.25, 0.3) is 0 Å². The van der Waals surface area contributed by atoms with E-state index in [0.717, 1.165) is 4.57 Å². The van der Waals surface area contributed by atoms with Gasteiger partial charge < -0.3 is 5.11 Å². The van der Waals surface area contributed by atoms with Crippen molar-refractivity contribution in [2.24, 2.45) is 11.8 Å². The molecule has 1 aliphatic rings. The van der Waals surface area contributed by atoms with Gasteiger partial charge in [0.15, 0.2) is 5.82 Å². The Hall–Kier alpha value is -1.80. The van der Waals surface area contributed by atoms with Crippen molar-refractivity contribution in [2.45, 2.75) is 44.8 Å². The Bertz CT molecular complexity index is 621. The first-order chi connectivity index (χ1) is 9.50. The van der Waals surface area contributed by atoms with E-state index in [1.165, 1.54) is 20.8 Å². The summed E-state index contributed by atoms with van der Waals surface area (Å²) in [7, 11) is 0. The number of nitrogens with zero attached hydrogens (tertiary/aromatic N) is 2. The molecule has 6 nitrogen and oxygen atoms in total. The summed E-state index contributed by atoms with van der Waals surface area (Å²) >= 11 is 0. The van der Waals surface area contributed by atoms with Crippen LogP contribution >= 0.6 is 0 Å². The molecule has 2 rings (SSSR count). The molecule has 118 valence electrons. The maximum absolute atomic E-state index is 13.3. The molecule has 0 amide bonds. The molecule has 2 heterocycles. The number of aliphatic carboxylic acids is 1. The fourth-order valence-electron chi connectivity index (χ4n) is 3.32. The number of aromatic nitrogens is 2. The smallest absolute Gasteiger partial charge is 0.442 e. The van der Waals surface area contributed by atoms with Crippen molar-refractivity contribution >= 4 is 5.97 Å². The summed E-state index contributed by atoms with van der Waals surface area (Å²) < 4.78 is 45.4. The number of rotatable bonds is 2. The summed E-state index contributed by atoms with van der Waals surface area (Å²) in [4.78, 5) is 22.8. The average Bonchev–Trinajstić information content (AvgIpc) is 2.67. The molecule has 1 aromatic heterocycles. The van der Waals surface area contributed by atoms with Crippen molar-refractivity contribution in [3.8, 4) is 0 Å². The number of alkyl halides is 3. The monoisotopic (exact) mass is 308 g/mol. The van der Waals surface area contributed by atoms with Crippen LogP contribution in [0, 0.1) is 11.8 Å². The van der Waals surface area contributed by atoms with Crippen molar-refractivity contribution in [1.29, 1.82) is 0 Å². The fraction of sp³-hybridized carbons (Fsp3) is 0.750. The normalized spacial score (nSPS) is 32.8. The lowest BCUT2D eigenvalue weighted by molar-refractivity contribution is -0.211. The molecule has 0 spiro atoms. The first-order valence-corrected chi connectivity index (χ1v) is 6.37. The predicted octanol–water partition coefficient (Wildman–Crippen LogP) is 1.96. The lowest BCUT2D eigenvalue weighted by Gasteiger charge is -2.46. The van der Waals surface area contributed by atoms with E-state index >= 15 is 0 Å². The van der Waals surface area contributed by atoms with E-state index in [1.54, 1.807) is 0 Å². The molecule has 4 atom stereocenters. The maximum Gasteiger partial charge on any atom is 0.442 e. The van der Waals surface area contributed by atoms with Gasteiger partial charge in [-0.2, -0.15) is 13.2 Å². The van der Waals surface area contributed by atoms with Gasteiger partial charge in [-0.3, -0.25) is 13.9 Å². The standard InChI is InChI=1S/C12H15F3N2O4/c1-5-8(12(13,14)15)6(2)11(3,4-7(18)19)17-9(5)16-21-10(17)20/h5-6,8H,4H2,1-3H3,(H,18,19). The van der Waals surface area contributed by atoms with Crippen LogP contribution in [-0.4, -0.2) is 27.0 Å². The van der Waals surface area contributed by atoms with E-state index in [2.05, 4.69) is 9.68 Å². The number of carboxylic acid groups (broad SMARTS) is 1. The molecule has 0 aliphatic carbocycles. The molecule has 0 aromatic carbocycles. The molecule has 4 unspecified atom stereocenters. The maximum atomic E-state index is 13.3. The quantitative estimate of drug-likeness (QED) is 0.902. The minimum Gasteiger partial charge on any atom is -0.481 e. The van der Waals surface area contributed by atoms with Gasteiger partial charge >= 0.3 is 17.9 Å². The summed E-state index contributed by atoms with van der Waals surface area (Å²) in [5.41, 5.74) is -1.55. The van der Waals surface area contributed by atoms with E-state index in [0.29, 0.717) is 0 Å². The minimum absolute atomic E-state index is 0.163. The van der Waals surface area contributed by atoms with Gasteiger partial charge in [-0.1, -0.05) is 19.0 Å². The summed E-state index contributed by atoms with van der Waals surface area (Å²) in [5.74, 6) is -6.40. The van der Waals surface area contributed by atoms with Crippen LogP contribution < -0.4 is 5.76 Å². The van der Waals surface area contributed by atoms with Gasteiger partial charge in [0, 0.05) is 5.92 Å². The molecule has 0 saturated carbocycles. The molecule has 9 heteroatoms. The molecular formula is C12H15F3N2O4. The predicted molar refractivity (Wildman–Crippen MR) is 63.8 cm³/mol. The first kappa shape index (κ1) is 15.6. The van der Waals surface area contributed by atoms with Gasteiger partial charge in [-0.05, 0) is 12.8 Å². The van der Waals surface area contributed by atoms with Crippen molar-refractivity contribution in [2.75, 3.05) is 0 Å². The molecule has 21 heavy (non-hydrogen) atoms. The Morgan fingerprint density at radius 3 is 2.52 bits per heavy atom. The summed E-state index contributed by atoms with van der Waals surface area (Å²) in [5, 5.41) is 12.4. The number of fused-ring (bicyclic) bond motifs is 1. The number of hydrogen-bond acceptors (Lipinski definition) is 4. The van der Waals surface area contributed by atoms with Crippen LogP contribution in [-0.2, 0) is 10.3 Å². The highest BCUT2D eigenvalue weighted by Gasteiger charge is 2.58. The number of carbonyl (C=O) groups is 1. The second-order valence-electron chi connectivity index (χ2n) is 5.71. The largest absolute Gasteiger partial charge is 0.481 e. The van der Waals surface area contributed by atoms with Crippen LogP contribution in [0.1, 0.15) is 38.9 Å². The zero-order valence-electron chi connectivity index (χ0n) is 11.6. The van der Waals surface area contributed by atoms with Crippen molar-refractivity contribution in [3.05, 3.63) is 16.4 Å². The fourth-order valence-corrected chi connectivity index (χ4v) is 3.32. The van der Waals surface area contributed by atoms with Crippen LogP contribution in [0.15, 0.2) is 9.32 Å². The molecule has 0 radical (unpaired) electrons. The number of hydrogen-bond donors (Lipinski definition) is 1.